The fourth-order valence-corrected chi connectivity index (χ4v) is 4.39. The van der Waals surface area contributed by atoms with Crippen molar-refractivity contribution in [1.82, 2.24) is 9.55 Å². The maximum absolute atomic E-state index is 14.8. The predicted molar refractivity (Wildman–Crippen MR) is 115 cm³/mol. The first-order chi connectivity index (χ1) is 12.9. The summed E-state index contributed by atoms with van der Waals surface area (Å²) in [6, 6.07) is 10.1. The number of hydrogen-bond acceptors (Lipinski definition) is 2. The Morgan fingerprint density at radius 2 is 1.68 bits per heavy atom. The first kappa shape index (κ1) is 21.3. The predicted octanol–water partition coefficient (Wildman–Crippen LogP) is 6.63. The molecule has 0 atom stereocenters. The van der Waals surface area contributed by atoms with Crippen LogP contribution in [-0.2, 0) is 11.0 Å². The molecule has 1 aromatic heterocycles. The molecular weight excluding hydrogens is 466 g/mol. The van der Waals surface area contributed by atoms with Crippen LogP contribution in [-0.4, -0.2) is 14.7 Å². The molecule has 0 aliphatic rings. The molecule has 0 spiro atoms. The molecule has 0 unspecified atom stereocenters. The van der Waals surface area contributed by atoms with Crippen LogP contribution in [0.2, 0.25) is 10.0 Å². The highest BCUT2D eigenvalue weighted by molar-refractivity contribution is 9.10. The Labute approximate surface area is 182 Å². The lowest BCUT2D eigenvalue weighted by Gasteiger charge is -2.28. The summed E-state index contributed by atoms with van der Waals surface area (Å²) in [5.74, 6) is 0.0947. The molecule has 2 aromatic carbocycles. The lowest BCUT2D eigenvalue weighted by Crippen LogP contribution is -2.25. The molecule has 0 aliphatic heterocycles. The minimum atomic E-state index is -1.20. The zero-order chi connectivity index (χ0) is 20.9. The number of nitrogens with zero attached hydrogens (tertiary/aromatic N) is 2. The number of aliphatic hydroxyl groups is 1. The molecule has 1 N–H and O–H groups in total. The highest BCUT2D eigenvalue weighted by Crippen LogP contribution is 2.41. The highest BCUT2D eigenvalue weighted by Gasteiger charge is 2.35. The molecule has 0 saturated heterocycles. The van der Waals surface area contributed by atoms with Crippen LogP contribution in [0.25, 0.3) is 5.69 Å². The van der Waals surface area contributed by atoms with Crippen molar-refractivity contribution in [3.63, 3.8) is 0 Å². The molecule has 148 valence electrons. The summed E-state index contributed by atoms with van der Waals surface area (Å²) in [7, 11) is 0. The van der Waals surface area contributed by atoms with Gasteiger partial charge in [-0.05, 0) is 58.0 Å². The molecule has 3 nitrogen and oxygen atoms in total. The van der Waals surface area contributed by atoms with Crippen LogP contribution >= 0.6 is 39.1 Å². The number of imidazole rings is 1. The summed E-state index contributed by atoms with van der Waals surface area (Å²) in [6.07, 6.45) is 1.65. The monoisotopic (exact) mass is 484 g/mol. The number of benzene rings is 2. The zero-order valence-corrected chi connectivity index (χ0v) is 19.0. The lowest BCUT2D eigenvalue weighted by molar-refractivity contribution is 0.0740. The average Bonchev–Trinajstić information content (AvgIpc) is 3.00. The minimum Gasteiger partial charge on any atom is -0.384 e. The molecule has 0 bridgehead atoms. The van der Waals surface area contributed by atoms with Crippen molar-refractivity contribution in [2.75, 3.05) is 0 Å². The van der Waals surface area contributed by atoms with Gasteiger partial charge in [0.05, 0.1) is 16.8 Å². The van der Waals surface area contributed by atoms with Gasteiger partial charge < -0.3 is 5.11 Å². The van der Waals surface area contributed by atoms with E-state index in [-0.39, 0.29) is 0 Å². The van der Waals surface area contributed by atoms with Gasteiger partial charge in [0.25, 0.3) is 0 Å². The highest BCUT2D eigenvalue weighted by atomic mass is 79.9. The second kappa shape index (κ2) is 7.45. The summed E-state index contributed by atoms with van der Waals surface area (Å²) < 4.78 is 17.1. The van der Waals surface area contributed by atoms with Crippen molar-refractivity contribution < 1.29 is 9.50 Å². The third-order valence-corrected chi connectivity index (χ3v) is 5.77. The molecule has 0 aliphatic carbocycles. The average molecular weight is 486 g/mol. The van der Waals surface area contributed by atoms with Crippen LogP contribution in [0, 0.1) is 5.82 Å². The van der Waals surface area contributed by atoms with Gasteiger partial charge in [-0.1, -0.05) is 45.2 Å². The van der Waals surface area contributed by atoms with Gasteiger partial charge in [-0.25, -0.2) is 9.37 Å². The maximum Gasteiger partial charge on any atom is 0.148 e. The molecule has 0 radical (unpaired) electrons. The van der Waals surface area contributed by atoms with E-state index in [0.29, 0.717) is 37.3 Å². The second-order valence-corrected chi connectivity index (χ2v) is 9.43. The van der Waals surface area contributed by atoms with Crippen molar-refractivity contribution in [2.45, 2.75) is 38.7 Å². The quantitative estimate of drug-likeness (QED) is 0.450. The van der Waals surface area contributed by atoms with E-state index < -0.39 is 16.8 Å². The fraction of sp³-hybridized carbons (Fsp3) is 0.286. The smallest absolute Gasteiger partial charge is 0.148 e. The van der Waals surface area contributed by atoms with E-state index in [9.17, 15) is 9.50 Å². The third-order valence-electron chi connectivity index (χ3n) is 4.65. The summed E-state index contributed by atoms with van der Waals surface area (Å²) in [5, 5.41) is 11.5. The standard InChI is InChI=1S/C21H20BrCl2FN2O/c1-20(2,18-13(23)6-5-7-14(18)24)19-26-17(21(3,4)28)11-27(19)16-9-8-12(22)10-15(16)25/h5-11,28H,1-4H3. The first-order valence-corrected chi connectivity index (χ1v) is 10.2. The van der Waals surface area contributed by atoms with Gasteiger partial charge in [-0.15, -0.1) is 0 Å². The van der Waals surface area contributed by atoms with Gasteiger partial charge >= 0.3 is 0 Å². The number of hydrogen-bond donors (Lipinski definition) is 1. The van der Waals surface area contributed by atoms with E-state index in [1.807, 2.05) is 13.8 Å². The summed E-state index contributed by atoms with van der Waals surface area (Å²) in [6.45, 7) is 7.11. The summed E-state index contributed by atoms with van der Waals surface area (Å²) >= 11 is 16.2. The Morgan fingerprint density at radius 1 is 1.07 bits per heavy atom. The van der Waals surface area contributed by atoms with Crippen molar-refractivity contribution in [3.8, 4) is 5.69 Å². The van der Waals surface area contributed by atoms with Crippen LogP contribution in [0.3, 0.4) is 0 Å². The van der Waals surface area contributed by atoms with E-state index in [4.69, 9.17) is 23.2 Å². The molecule has 3 rings (SSSR count). The van der Waals surface area contributed by atoms with Crippen LogP contribution < -0.4 is 0 Å². The van der Waals surface area contributed by atoms with Gasteiger partial charge in [0.15, 0.2) is 0 Å². The van der Waals surface area contributed by atoms with Crippen molar-refractivity contribution in [1.29, 1.82) is 0 Å². The zero-order valence-electron chi connectivity index (χ0n) is 15.9. The van der Waals surface area contributed by atoms with E-state index in [1.54, 1.807) is 54.9 Å². The minimum absolute atomic E-state index is 0.317. The van der Waals surface area contributed by atoms with Crippen molar-refractivity contribution >= 4 is 39.1 Å². The van der Waals surface area contributed by atoms with E-state index >= 15 is 0 Å². The lowest BCUT2D eigenvalue weighted by atomic mass is 9.83. The van der Waals surface area contributed by atoms with Gasteiger partial charge in [0, 0.05) is 26.3 Å². The Balaban J connectivity index is 2.32. The maximum atomic E-state index is 14.8. The van der Waals surface area contributed by atoms with Crippen molar-refractivity contribution in [3.05, 3.63) is 80.0 Å². The normalized spacial score (nSPS) is 12.5. The molecule has 0 amide bonds. The van der Waals surface area contributed by atoms with Crippen LogP contribution in [0.5, 0.6) is 0 Å². The van der Waals surface area contributed by atoms with E-state index in [2.05, 4.69) is 20.9 Å². The number of aromatic nitrogens is 2. The van der Waals surface area contributed by atoms with E-state index in [0.717, 1.165) is 0 Å². The molecule has 0 saturated carbocycles. The Bertz CT molecular complexity index is 1020. The van der Waals surface area contributed by atoms with Gasteiger partial charge in [-0.2, -0.15) is 0 Å². The van der Waals surface area contributed by atoms with Crippen LogP contribution in [0.15, 0.2) is 47.1 Å². The first-order valence-electron chi connectivity index (χ1n) is 8.65. The van der Waals surface area contributed by atoms with Gasteiger partial charge in [-0.3, -0.25) is 4.57 Å². The van der Waals surface area contributed by atoms with Gasteiger partial charge in [0.2, 0.25) is 0 Å². The molecule has 7 heteroatoms. The Morgan fingerprint density at radius 3 is 2.21 bits per heavy atom. The summed E-state index contributed by atoms with van der Waals surface area (Å²) in [5.41, 5.74) is -0.548. The molecule has 28 heavy (non-hydrogen) atoms. The molecular formula is C21H20BrCl2FN2O. The second-order valence-electron chi connectivity index (χ2n) is 7.70. The summed E-state index contributed by atoms with van der Waals surface area (Å²) in [4.78, 5) is 4.67. The van der Waals surface area contributed by atoms with Crippen LogP contribution in [0.1, 0.15) is 44.8 Å². The Kier molecular flexibility index (Phi) is 5.67. The molecule has 1 heterocycles. The SMILES string of the molecule is CC(C)(O)c1cn(-c2ccc(Br)cc2F)c(C(C)(C)c2c(Cl)cccc2Cl)n1. The van der Waals surface area contributed by atoms with E-state index in [1.165, 1.54) is 6.07 Å². The Hall–Kier alpha value is -1.40. The number of halogens is 4. The van der Waals surface area contributed by atoms with Gasteiger partial charge in [0.1, 0.15) is 17.2 Å². The third kappa shape index (κ3) is 3.86. The molecule has 0 fully saturated rings. The van der Waals surface area contributed by atoms with Crippen LogP contribution in [0.4, 0.5) is 4.39 Å². The number of rotatable bonds is 4. The fourth-order valence-electron chi connectivity index (χ4n) is 3.18. The molecule has 3 aromatic rings. The topological polar surface area (TPSA) is 38.0 Å². The largest absolute Gasteiger partial charge is 0.384 e. The van der Waals surface area contributed by atoms with Crippen molar-refractivity contribution in [2.24, 2.45) is 0 Å².